The standard InChI is InChI=1S/C23H26N2O6/c1-14(26)20(22(28)24-16-5-9-18(30-3)10-6-16)13-21(15(2)27)23(29)25-17-7-11-19(31-4)12-8-17/h5-12,20-21H,13H2,1-4H3,(H,24,28)(H,25,29). The zero-order chi connectivity index (χ0) is 23.0. The molecule has 0 aromatic heterocycles. The summed E-state index contributed by atoms with van der Waals surface area (Å²) >= 11 is 0. The first-order valence-corrected chi connectivity index (χ1v) is 9.66. The number of ketones is 2. The Labute approximate surface area is 180 Å². The van der Waals surface area contributed by atoms with Gasteiger partial charge >= 0.3 is 0 Å². The van der Waals surface area contributed by atoms with Gasteiger partial charge in [-0.3, -0.25) is 19.2 Å². The van der Waals surface area contributed by atoms with E-state index in [9.17, 15) is 19.2 Å². The fourth-order valence-electron chi connectivity index (χ4n) is 2.96. The van der Waals surface area contributed by atoms with Gasteiger partial charge in [-0.05, 0) is 68.8 Å². The Morgan fingerprint density at radius 2 is 1.00 bits per heavy atom. The molecule has 0 saturated heterocycles. The van der Waals surface area contributed by atoms with Crippen molar-refractivity contribution in [3.8, 4) is 11.5 Å². The molecule has 2 unspecified atom stereocenters. The summed E-state index contributed by atoms with van der Waals surface area (Å²) in [5.41, 5.74) is 0.943. The van der Waals surface area contributed by atoms with Crippen LogP contribution >= 0.6 is 0 Å². The molecule has 2 atom stereocenters. The third-order valence-electron chi connectivity index (χ3n) is 4.80. The fourth-order valence-corrected chi connectivity index (χ4v) is 2.96. The number of carbonyl (C=O) groups excluding carboxylic acids is 4. The highest BCUT2D eigenvalue weighted by Gasteiger charge is 2.33. The van der Waals surface area contributed by atoms with Crippen molar-refractivity contribution in [3.05, 3.63) is 48.5 Å². The van der Waals surface area contributed by atoms with Gasteiger partial charge in [-0.2, -0.15) is 0 Å². The Hall–Kier alpha value is -3.68. The lowest BCUT2D eigenvalue weighted by Crippen LogP contribution is -2.36. The van der Waals surface area contributed by atoms with Gasteiger partial charge < -0.3 is 20.1 Å². The molecule has 0 radical (unpaired) electrons. The van der Waals surface area contributed by atoms with Crippen molar-refractivity contribution in [3.63, 3.8) is 0 Å². The summed E-state index contributed by atoms with van der Waals surface area (Å²) in [4.78, 5) is 49.7. The fraction of sp³-hybridized carbons (Fsp3) is 0.304. The number of methoxy groups -OCH3 is 2. The summed E-state index contributed by atoms with van der Waals surface area (Å²) in [6.45, 7) is 2.52. The van der Waals surface area contributed by atoms with Crippen molar-refractivity contribution in [2.24, 2.45) is 11.8 Å². The number of rotatable bonds is 10. The molecule has 0 aliphatic rings. The van der Waals surface area contributed by atoms with E-state index in [-0.39, 0.29) is 6.42 Å². The lowest BCUT2D eigenvalue weighted by atomic mass is 9.88. The molecule has 0 aliphatic heterocycles. The maximum absolute atomic E-state index is 12.7. The molecule has 164 valence electrons. The predicted octanol–water partition coefficient (Wildman–Crippen LogP) is 3.08. The molecular weight excluding hydrogens is 400 g/mol. The molecule has 0 aliphatic carbocycles. The number of nitrogens with one attached hydrogen (secondary N) is 2. The van der Waals surface area contributed by atoms with Crippen LogP contribution in [0.2, 0.25) is 0 Å². The first-order valence-electron chi connectivity index (χ1n) is 9.66. The molecule has 31 heavy (non-hydrogen) atoms. The molecule has 2 rings (SSSR count). The van der Waals surface area contributed by atoms with Crippen LogP contribution in [0.5, 0.6) is 11.5 Å². The summed E-state index contributed by atoms with van der Waals surface area (Å²) in [5, 5.41) is 5.30. The van der Waals surface area contributed by atoms with Crippen molar-refractivity contribution in [1.29, 1.82) is 0 Å². The van der Waals surface area contributed by atoms with E-state index in [0.29, 0.717) is 22.9 Å². The molecule has 8 nitrogen and oxygen atoms in total. The second-order valence-corrected chi connectivity index (χ2v) is 7.00. The number of amides is 2. The van der Waals surface area contributed by atoms with E-state index in [1.165, 1.54) is 28.1 Å². The van der Waals surface area contributed by atoms with Crippen LogP contribution in [-0.4, -0.2) is 37.6 Å². The van der Waals surface area contributed by atoms with Crippen LogP contribution in [0.1, 0.15) is 20.3 Å². The lowest BCUT2D eigenvalue weighted by Gasteiger charge is -2.20. The number of hydrogen-bond acceptors (Lipinski definition) is 6. The summed E-state index contributed by atoms with van der Waals surface area (Å²) in [7, 11) is 3.05. The van der Waals surface area contributed by atoms with Gasteiger partial charge in [-0.1, -0.05) is 0 Å². The Bertz CT molecular complexity index is 860. The highest BCUT2D eigenvalue weighted by atomic mass is 16.5. The summed E-state index contributed by atoms with van der Waals surface area (Å²) in [5.74, 6) is -3.11. The number of benzene rings is 2. The molecule has 0 saturated carbocycles. The van der Waals surface area contributed by atoms with Crippen molar-refractivity contribution >= 4 is 34.8 Å². The molecule has 2 amide bonds. The average molecular weight is 426 g/mol. The van der Waals surface area contributed by atoms with E-state index in [1.54, 1.807) is 48.5 Å². The third-order valence-corrected chi connectivity index (χ3v) is 4.80. The van der Waals surface area contributed by atoms with Gasteiger partial charge in [0.1, 0.15) is 23.1 Å². The molecular formula is C23H26N2O6. The van der Waals surface area contributed by atoms with Gasteiger partial charge in [0.05, 0.1) is 26.1 Å². The number of hydrogen-bond donors (Lipinski definition) is 2. The maximum Gasteiger partial charge on any atom is 0.234 e. The van der Waals surface area contributed by atoms with Gasteiger partial charge in [-0.15, -0.1) is 0 Å². The van der Waals surface area contributed by atoms with Crippen LogP contribution in [0.25, 0.3) is 0 Å². The molecule has 8 heteroatoms. The van der Waals surface area contributed by atoms with Crippen LogP contribution in [0.4, 0.5) is 11.4 Å². The SMILES string of the molecule is COc1ccc(NC(=O)C(CC(C(C)=O)C(=O)Nc2ccc(OC)cc2)C(C)=O)cc1. The number of Topliss-reactive ketones (excluding diaryl/α,β-unsaturated/α-hetero) is 2. The van der Waals surface area contributed by atoms with Gasteiger partial charge in [0.25, 0.3) is 0 Å². The van der Waals surface area contributed by atoms with Crippen LogP contribution in [-0.2, 0) is 19.2 Å². The minimum Gasteiger partial charge on any atom is -0.497 e. The Balaban J connectivity index is 2.11. The topological polar surface area (TPSA) is 111 Å². The molecule has 2 aromatic rings. The molecule has 2 N–H and O–H groups in total. The lowest BCUT2D eigenvalue weighted by molar-refractivity contribution is -0.133. The third kappa shape index (κ3) is 6.67. The highest BCUT2D eigenvalue weighted by Crippen LogP contribution is 2.22. The highest BCUT2D eigenvalue weighted by molar-refractivity contribution is 6.10. The number of ether oxygens (including phenoxy) is 2. The van der Waals surface area contributed by atoms with Gasteiger partial charge in [-0.25, -0.2) is 0 Å². The first-order chi connectivity index (χ1) is 14.7. The molecule has 0 fully saturated rings. The Kier molecular flexibility index (Phi) is 8.31. The van der Waals surface area contributed by atoms with Crippen LogP contribution < -0.4 is 20.1 Å². The maximum atomic E-state index is 12.7. The molecule has 0 heterocycles. The monoisotopic (exact) mass is 426 g/mol. The minimum atomic E-state index is -1.15. The second-order valence-electron chi connectivity index (χ2n) is 7.00. The molecule has 0 bridgehead atoms. The van der Waals surface area contributed by atoms with E-state index < -0.39 is 35.2 Å². The summed E-state index contributed by atoms with van der Waals surface area (Å²) < 4.78 is 10.1. The van der Waals surface area contributed by atoms with Crippen LogP contribution in [0, 0.1) is 11.8 Å². The van der Waals surface area contributed by atoms with E-state index in [0.717, 1.165) is 0 Å². The normalized spacial score (nSPS) is 12.3. The van der Waals surface area contributed by atoms with Gasteiger partial charge in [0.15, 0.2) is 0 Å². The first kappa shape index (κ1) is 23.6. The van der Waals surface area contributed by atoms with Crippen LogP contribution in [0.15, 0.2) is 48.5 Å². The Morgan fingerprint density at radius 1 is 0.677 bits per heavy atom. The number of carbonyl (C=O) groups is 4. The van der Waals surface area contributed by atoms with Crippen molar-refractivity contribution in [1.82, 2.24) is 0 Å². The van der Waals surface area contributed by atoms with E-state index in [4.69, 9.17) is 9.47 Å². The van der Waals surface area contributed by atoms with Crippen LogP contribution in [0.3, 0.4) is 0 Å². The minimum absolute atomic E-state index is 0.228. The second kappa shape index (κ2) is 10.9. The van der Waals surface area contributed by atoms with Crippen molar-refractivity contribution in [2.45, 2.75) is 20.3 Å². The predicted molar refractivity (Wildman–Crippen MR) is 116 cm³/mol. The molecule has 0 spiro atoms. The number of anilines is 2. The van der Waals surface area contributed by atoms with Crippen molar-refractivity contribution < 1.29 is 28.7 Å². The molecule has 2 aromatic carbocycles. The smallest absolute Gasteiger partial charge is 0.234 e. The summed E-state index contributed by atoms with van der Waals surface area (Å²) in [6.07, 6.45) is -0.228. The van der Waals surface area contributed by atoms with E-state index in [1.807, 2.05) is 0 Å². The Morgan fingerprint density at radius 3 is 1.26 bits per heavy atom. The zero-order valence-corrected chi connectivity index (χ0v) is 17.9. The van der Waals surface area contributed by atoms with E-state index >= 15 is 0 Å². The quantitative estimate of drug-likeness (QED) is 0.565. The zero-order valence-electron chi connectivity index (χ0n) is 17.9. The van der Waals surface area contributed by atoms with E-state index in [2.05, 4.69) is 10.6 Å². The largest absolute Gasteiger partial charge is 0.497 e. The van der Waals surface area contributed by atoms with Gasteiger partial charge in [0, 0.05) is 11.4 Å². The van der Waals surface area contributed by atoms with Gasteiger partial charge in [0.2, 0.25) is 11.8 Å². The average Bonchev–Trinajstić information content (AvgIpc) is 2.74. The summed E-state index contributed by atoms with van der Waals surface area (Å²) in [6, 6.07) is 13.2. The van der Waals surface area contributed by atoms with Crippen molar-refractivity contribution in [2.75, 3.05) is 24.9 Å².